The topological polar surface area (TPSA) is 12.0 Å². The molecule has 0 aliphatic heterocycles. The summed E-state index contributed by atoms with van der Waals surface area (Å²) in [7, 11) is 0. The molecule has 0 bridgehead atoms. The summed E-state index contributed by atoms with van der Waals surface area (Å²) in [5.41, 5.74) is 0. The Kier molecular flexibility index (Phi) is 2.93. The van der Waals surface area contributed by atoms with Crippen LogP contribution in [0.25, 0.3) is 0 Å². The second-order valence-corrected chi connectivity index (χ2v) is 1.28. The molecule has 0 saturated carbocycles. The Morgan fingerprint density at radius 3 is 2.33 bits per heavy atom. The number of nitrogens with one attached hydrogen (secondary N) is 1. The number of alkyl halides is 3. The highest BCUT2D eigenvalue weighted by atomic mass is 19.4. The van der Waals surface area contributed by atoms with Crippen LogP contribution in [0.15, 0.2) is 0 Å². The smallest absolute Gasteiger partial charge is 0.346 e. The second kappa shape index (κ2) is 3.23. The molecule has 0 heterocycles. The second-order valence-electron chi connectivity index (χ2n) is 1.28. The van der Waals surface area contributed by atoms with E-state index in [0.717, 1.165) is 5.92 Å². The van der Waals surface area contributed by atoms with Crippen molar-refractivity contribution in [1.29, 1.82) is 0 Å². The van der Waals surface area contributed by atoms with Gasteiger partial charge in [0.2, 0.25) is 0 Å². The summed E-state index contributed by atoms with van der Waals surface area (Å²) in [6.45, 7) is 2.09. The van der Waals surface area contributed by atoms with Crippen LogP contribution in [0.4, 0.5) is 13.2 Å². The highest BCUT2D eigenvalue weighted by Gasteiger charge is 2.22. The molecule has 0 radical (unpaired) electrons. The summed E-state index contributed by atoms with van der Waals surface area (Å²) in [5.74, 6) is 1.06. The molecule has 0 atom stereocenters. The lowest BCUT2D eigenvalue weighted by atomic mass is 10.6. The van der Waals surface area contributed by atoms with Crippen molar-refractivity contribution >= 4 is 0 Å². The van der Waals surface area contributed by atoms with E-state index in [0.29, 0.717) is 6.54 Å². The third-order valence-electron chi connectivity index (χ3n) is 0.469. The van der Waals surface area contributed by atoms with Gasteiger partial charge in [0.05, 0.1) is 0 Å². The molecular weight excluding hydrogens is 131 g/mol. The molecule has 0 aliphatic rings. The van der Waals surface area contributed by atoms with Gasteiger partial charge in [0.1, 0.15) is 0 Å². The Labute approximate surface area is 51.2 Å². The fourth-order valence-electron chi connectivity index (χ4n) is 0.203. The lowest BCUT2D eigenvalue weighted by molar-refractivity contribution is -0.0697. The average Bonchev–Trinajstić information content (AvgIpc) is 1.63. The van der Waals surface area contributed by atoms with Crippen molar-refractivity contribution in [1.82, 2.24) is 5.32 Å². The molecule has 0 unspecified atom stereocenters. The fraction of sp³-hybridized carbons (Fsp3) is 0.600. The Balaban J connectivity index is 3.59. The zero-order valence-electron chi connectivity index (χ0n) is 4.84. The summed E-state index contributed by atoms with van der Waals surface area (Å²) in [6, 6.07) is 1.75. The molecule has 1 N–H and O–H groups in total. The van der Waals surface area contributed by atoms with E-state index in [9.17, 15) is 13.2 Å². The quantitative estimate of drug-likeness (QED) is 0.421. The van der Waals surface area contributed by atoms with E-state index in [1.54, 1.807) is 13.0 Å². The zero-order chi connectivity index (χ0) is 7.33. The Hall–Kier alpha value is -0.850. The molecule has 1 nitrogen and oxygen atoms in total. The van der Waals surface area contributed by atoms with Gasteiger partial charge in [0.15, 0.2) is 0 Å². The minimum atomic E-state index is -4.37. The van der Waals surface area contributed by atoms with Gasteiger partial charge in [-0.25, -0.2) is 0 Å². The number of hydrogen-bond donors (Lipinski definition) is 1. The first-order valence-corrected chi connectivity index (χ1v) is 2.38. The van der Waals surface area contributed by atoms with Crippen molar-refractivity contribution in [2.24, 2.45) is 0 Å². The summed E-state index contributed by atoms with van der Waals surface area (Å²) in [6.07, 6.45) is -4.37. The maximum atomic E-state index is 11.2. The summed E-state index contributed by atoms with van der Waals surface area (Å²) >= 11 is 0. The van der Waals surface area contributed by atoms with Gasteiger partial charge in [-0.05, 0) is 6.92 Å². The number of hydrogen-bond acceptors (Lipinski definition) is 1. The standard InChI is InChI=1S/C5H6F3N/c1-2-9-4-3-5(6,7)8/h9H,2H2,1H3. The first-order chi connectivity index (χ1) is 4.06. The monoisotopic (exact) mass is 137 g/mol. The van der Waals surface area contributed by atoms with Crippen molar-refractivity contribution in [3.8, 4) is 12.0 Å². The van der Waals surface area contributed by atoms with Gasteiger partial charge in [-0.15, -0.1) is 0 Å². The van der Waals surface area contributed by atoms with Gasteiger partial charge in [0, 0.05) is 18.5 Å². The fourth-order valence-corrected chi connectivity index (χ4v) is 0.203. The minimum absolute atomic E-state index is 0.420. The molecule has 0 rings (SSSR count). The lowest BCUT2D eigenvalue weighted by Gasteiger charge is -1.91. The zero-order valence-corrected chi connectivity index (χ0v) is 4.84. The number of rotatable bonds is 1. The van der Waals surface area contributed by atoms with Crippen LogP contribution in [0.1, 0.15) is 6.92 Å². The lowest BCUT2D eigenvalue weighted by Crippen LogP contribution is -2.08. The predicted molar refractivity (Wildman–Crippen MR) is 27.5 cm³/mol. The van der Waals surface area contributed by atoms with Crippen LogP contribution < -0.4 is 5.32 Å². The van der Waals surface area contributed by atoms with E-state index >= 15 is 0 Å². The highest BCUT2D eigenvalue weighted by Crippen LogP contribution is 2.11. The van der Waals surface area contributed by atoms with Gasteiger partial charge in [-0.3, -0.25) is 0 Å². The van der Waals surface area contributed by atoms with E-state index in [2.05, 4.69) is 5.32 Å². The van der Waals surface area contributed by atoms with Gasteiger partial charge in [0.25, 0.3) is 0 Å². The third kappa shape index (κ3) is 7.15. The maximum Gasteiger partial charge on any atom is 0.459 e. The molecule has 0 aromatic heterocycles. The van der Waals surface area contributed by atoms with Crippen LogP contribution >= 0.6 is 0 Å². The summed E-state index contributed by atoms with van der Waals surface area (Å²) < 4.78 is 33.5. The predicted octanol–water partition coefficient (Wildman–Crippen LogP) is 1.12. The Morgan fingerprint density at radius 2 is 2.00 bits per heavy atom. The Bertz CT molecular complexity index is 127. The van der Waals surface area contributed by atoms with Crippen molar-refractivity contribution in [2.75, 3.05) is 6.54 Å². The van der Waals surface area contributed by atoms with E-state index in [1.165, 1.54) is 0 Å². The molecule has 0 aromatic rings. The molecule has 0 saturated heterocycles. The van der Waals surface area contributed by atoms with Gasteiger partial charge < -0.3 is 5.32 Å². The van der Waals surface area contributed by atoms with Crippen molar-refractivity contribution < 1.29 is 13.2 Å². The molecule has 0 fully saturated rings. The average molecular weight is 137 g/mol. The van der Waals surface area contributed by atoms with Gasteiger partial charge >= 0.3 is 6.18 Å². The molecule has 0 aromatic carbocycles. The van der Waals surface area contributed by atoms with Crippen LogP contribution in [0.5, 0.6) is 0 Å². The molecular formula is C5H6F3N. The van der Waals surface area contributed by atoms with Crippen molar-refractivity contribution in [3.63, 3.8) is 0 Å². The first-order valence-electron chi connectivity index (χ1n) is 2.38. The minimum Gasteiger partial charge on any atom is -0.346 e. The summed E-state index contributed by atoms with van der Waals surface area (Å²) in [4.78, 5) is 0. The van der Waals surface area contributed by atoms with E-state index < -0.39 is 6.18 Å². The molecule has 0 amide bonds. The van der Waals surface area contributed by atoms with E-state index in [4.69, 9.17) is 0 Å². The van der Waals surface area contributed by atoms with Crippen LogP contribution in [0, 0.1) is 12.0 Å². The SMILES string of the molecule is CCNC#CC(F)(F)F. The number of halogens is 3. The molecule has 4 heteroatoms. The highest BCUT2D eigenvalue weighted by molar-refractivity contribution is 5.02. The van der Waals surface area contributed by atoms with Gasteiger partial charge in [-0.2, -0.15) is 13.2 Å². The van der Waals surface area contributed by atoms with Crippen molar-refractivity contribution in [3.05, 3.63) is 0 Å². The Morgan fingerprint density at radius 1 is 1.44 bits per heavy atom. The van der Waals surface area contributed by atoms with Crippen LogP contribution in [0.2, 0.25) is 0 Å². The molecule has 52 valence electrons. The largest absolute Gasteiger partial charge is 0.459 e. The van der Waals surface area contributed by atoms with Crippen molar-refractivity contribution in [2.45, 2.75) is 13.1 Å². The summed E-state index contributed by atoms with van der Waals surface area (Å²) in [5, 5.41) is 2.22. The maximum absolute atomic E-state index is 11.2. The molecule has 0 aliphatic carbocycles. The van der Waals surface area contributed by atoms with E-state index in [1.807, 2.05) is 0 Å². The van der Waals surface area contributed by atoms with Crippen LogP contribution in [0.3, 0.4) is 0 Å². The van der Waals surface area contributed by atoms with Crippen LogP contribution in [-0.2, 0) is 0 Å². The first kappa shape index (κ1) is 8.15. The normalized spacial score (nSPS) is 9.78. The third-order valence-corrected chi connectivity index (χ3v) is 0.469. The van der Waals surface area contributed by atoms with Crippen LogP contribution in [-0.4, -0.2) is 12.7 Å². The molecule has 9 heavy (non-hydrogen) atoms. The van der Waals surface area contributed by atoms with E-state index in [-0.39, 0.29) is 0 Å². The van der Waals surface area contributed by atoms with Gasteiger partial charge in [-0.1, -0.05) is 0 Å². The molecule has 0 spiro atoms.